The van der Waals surface area contributed by atoms with E-state index in [1.165, 1.54) is 24.3 Å². The Hall–Kier alpha value is -3.80. The van der Waals surface area contributed by atoms with Crippen LogP contribution in [0.4, 0.5) is 8.78 Å². The second-order valence-electron chi connectivity index (χ2n) is 9.50. The second kappa shape index (κ2) is 12.0. The molecule has 1 atom stereocenters. The van der Waals surface area contributed by atoms with Crippen molar-refractivity contribution in [2.75, 3.05) is 13.2 Å². The summed E-state index contributed by atoms with van der Waals surface area (Å²) in [5.41, 5.74) is 1.79. The molecule has 0 saturated heterocycles. The Bertz CT molecular complexity index is 1280. The Morgan fingerprint density at radius 2 is 1.70 bits per heavy atom. The molecule has 0 saturated carbocycles. The van der Waals surface area contributed by atoms with E-state index < -0.39 is 29.2 Å². The molecule has 3 aromatic carbocycles. The number of hydrogen-bond acceptors (Lipinski definition) is 5. The molecule has 3 N–H and O–H groups in total. The summed E-state index contributed by atoms with van der Waals surface area (Å²) >= 11 is 0. The first-order valence-electron chi connectivity index (χ1n) is 11.9. The normalized spacial score (nSPS) is 12.1. The van der Waals surface area contributed by atoms with Crippen LogP contribution in [0.25, 0.3) is 11.1 Å². The molecule has 0 fully saturated rings. The number of nitriles is 1. The zero-order valence-electron chi connectivity index (χ0n) is 21.0. The number of hydrogen-bond donors (Lipinski definition) is 3. The number of halogens is 2. The summed E-state index contributed by atoms with van der Waals surface area (Å²) in [6.07, 6.45) is -0.333. The highest BCUT2D eigenvalue weighted by atomic mass is 19.1. The summed E-state index contributed by atoms with van der Waals surface area (Å²) < 4.78 is 34.6. The third-order valence-corrected chi connectivity index (χ3v) is 6.04. The number of aryl methyl sites for hydroxylation is 1. The van der Waals surface area contributed by atoms with Crippen LogP contribution in [0.5, 0.6) is 5.75 Å². The number of carboxylic acids is 1. The van der Waals surface area contributed by atoms with Gasteiger partial charge in [0, 0.05) is 17.6 Å². The van der Waals surface area contributed by atoms with Crippen molar-refractivity contribution in [3.8, 4) is 22.9 Å². The molecule has 194 valence electrons. The molecule has 0 spiro atoms. The number of aromatic carboxylic acids is 1. The lowest BCUT2D eigenvalue weighted by Gasteiger charge is -2.28. The van der Waals surface area contributed by atoms with Crippen LogP contribution in [-0.4, -0.2) is 41.0 Å². The van der Waals surface area contributed by atoms with Crippen molar-refractivity contribution in [1.29, 1.82) is 5.26 Å². The van der Waals surface area contributed by atoms with Gasteiger partial charge in [-0.05, 0) is 79.8 Å². The van der Waals surface area contributed by atoms with Crippen molar-refractivity contribution >= 4 is 5.97 Å². The fourth-order valence-electron chi connectivity index (χ4n) is 3.89. The van der Waals surface area contributed by atoms with Crippen molar-refractivity contribution in [3.05, 3.63) is 88.5 Å². The first-order chi connectivity index (χ1) is 17.5. The van der Waals surface area contributed by atoms with Crippen molar-refractivity contribution in [1.82, 2.24) is 5.32 Å². The van der Waals surface area contributed by atoms with Gasteiger partial charge in [-0.15, -0.1) is 0 Å². The SMILES string of the molecule is CCc1cc(F)c(CC(C)(C)NC[C@@H](O)COc2cc(-c3ccc(C(=O)O)cc3)ccc2C#N)c(F)c1. The summed E-state index contributed by atoms with van der Waals surface area (Å²) in [6, 6.07) is 16.0. The minimum Gasteiger partial charge on any atom is -0.489 e. The number of ether oxygens (including phenoxy) is 1. The van der Waals surface area contributed by atoms with Gasteiger partial charge in [0.25, 0.3) is 0 Å². The van der Waals surface area contributed by atoms with Gasteiger partial charge < -0.3 is 20.3 Å². The van der Waals surface area contributed by atoms with Gasteiger partial charge in [0.1, 0.15) is 36.2 Å². The fourth-order valence-corrected chi connectivity index (χ4v) is 3.89. The Kier molecular flexibility index (Phi) is 8.98. The molecule has 0 aliphatic heterocycles. The van der Waals surface area contributed by atoms with Gasteiger partial charge in [0.2, 0.25) is 0 Å². The number of nitrogens with one attached hydrogen (secondary N) is 1. The second-order valence-corrected chi connectivity index (χ2v) is 9.50. The van der Waals surface area contributed by atoms with Gasteiger partial charge in [-0.1, -0.05) is 25.1 Å². The van der Waals surface area contributed by atoms with Crippen LogP contribution < -0.4 is 10.1 Å². The zero-order chi connectivity index (χ0) is 27.2. The van der Waals surface area contributed by atoms with Gasteiger partial charge in [0.05, 0.1) is 11.1 Å². The predicted molar refractivity (Wildman–Crippen MR) is 137 cm³/mol. The van der Waals surface area contributed by atoms with Gasteiger partial charge in [-0.2, -0.15) is 5.26 Å². The minimum absolute atomic E-state index is 0.00713. The van der Waals surface area contributed by atoms with E-state index in [2.05, 4.69) is 11.4 Å². The molecule has 0 unspecified atom stereocenters. The number of aliphatic hydroxyl groups is 1. The van der Waals surface area contributed by atoms with Gasteiger partial charge in [-0.25, -0.2) is 13.6 Å². The van der Waals surface area contributed by atoms with Crippen LogP contribution in [0, 0.1) is 23.0 Å². The number of carboxylic acid groups (broad SMARTS) is 1. The van der Waals surface area contributed by atoms with Crippen molar-refractivity contribution < 1.29 is 28.5 Å². The lowest BCUT2D eigenvalue weighted by molar-refractivity contribution is 0.0697. The largest absolute Gasteiger partial charge is 0.489 e. The minimum atomic E-state index is -1.02. The van der Waals surface area contributed by atoms with E-state index in [0.29, 0.717) is 12.0 Å². The van der Waals surface area contributed by atoms with Crippen molar-refractivity contribution in [2.45, 2.75) is 45.3 Å². The molecule has 0 aliphatic carbocycles. The van der Waals surface area contributed by atoms with Crippen LogP contribution >= 0.6 is 0 Å². The Morgan fingerprint density at radius 1 is 1.08 bits per heavy atom. The molecule has 0 amide bonds. The first kappa shape index (κ1) is 27.8. The van der Waals surface area contributed by atoms with Crippen LogP contribution in [0.2, 0.25) is 0 Å². The number of rotatable bonds is 11. The molecular weight excluding hydrogens is 478 g/mol. The highest BCUT2D eigenvalue weighted by Gasteiger charge is 2.24. The number of aliphatic hydroxyl groups excluding tert-OH is 1. The molecule has 0 aromatic heterocycles. The maximum atomic E-state index is 14.4. The molecule has 3 rings (SSSR count). The molecule has 0 radical (unpaired) electrons. The highest BCUT2D eigenvalue weighted by molar-refractivity contribution is 5.88. The van der Waals surface area contributed by atoms with Crippen LogP contribution in [0.3, 0.4) is 0 Å². The smallest absolute Gasteiger partial charge is 0.335 e. The molecule has 0 bridgehead atoms. The van der Waals surface area contributed by atoms with E-state index in [4.69, 9.17) is 9.84 Å². The summed E-state index contributed by atoms with van der Waals surface area (Å²) in [7, 11) is 0. The number of β-amino-alcohol motifs (C(OH)–C–C–N with tert-alkyl or cyclic N) is 1. The maximum absolute atomic E-state index is 14.4. The number of carbonyl (C=O) groups is 1. The van der Waals surface area contributed by atoms with Gasteiger partial charge in [-0.3, -0.25) is 0 Å². The monoisotopic (exact) mass is 508 g/mol. The van der Waals surface area contributed by atoms with Gasteiger partial charge >= 0.3 is 5.97 Å². The molecule has 6 nitrogen and oxygen atoms in total. The van der Waals surface area contributed by atoms with E-state index in [1.54, 1.807) is 44.2 Å². The highest BCUT2D eigenvalue weighted by Crippen LogP contribution is 2.28. The molecule has 0 aliphatic rings. The van der Waals surface area contributed by atoms with Crippen LogP contribution in [0.1, 0.15) is 47.8 Å². The lowest BCUT2D eigenvalue weighted by atomic mass is 9.93. The summed E-state index contributed by atoms with van der Waals surface area (Å²) in [5.74, 6) is -1.92. The third-order valence-electron chi connectivity index (χ3n) is 6.04. The summed E-state index contributed by atoms with van der Waals surface area (Å²) in [6.45, 7) is 5.39. The molecule has 8 heteroatoms. The van der Waals surface area contributed by atoms with E-state index in [-0.39, 0.29) is 42.0 Å². The molecule has 37 heavy (non-hydrogen) atoms. The van der Waals surface area contributed by atoms with Crippen molar-refractivity contribution in [3.63, 3.8) is 0 Å². The number of nitrogens with zero attached hydrogens (tertiary/aromatic N) is 1. The van der Waals surface area contributed by atoms with E-state index >= 15 is 0 Å². The van der Waals surface area contributed by atoms with E-state index in [1.807, 2.05) is 6.92 Å². The average molecular weight is 509 g/mol. The summed E-state index contributed by atoms with van der Waals surface area (Å²) in [4.78, 5) is 11.1. The molecular formula is C29H30F2N2O4. The fraction of sp³-hybridized carbons (Fsp3) is 0.310. The lowest BCUT2D eigenvalue weighted by Crippen LogP contribution is -2.46. The van der Waals surface area contributed by atoms with Gasteiger partial charge in [0.15, 0.2) is 0 Å². The molecule has 0 heterocycles. The average Bonchev–Trinajstić information content (AvgIpc) is 2.88. The third kappa shape index (κ3) is 7.35. The quantitative estimate of drug-likeness (QED) is 0.333. The zero-order valence-corrected chi connectivity index (χ0v) is 21.0. The van der Waals surface area contributed by atoms with Crippen LogP contribution in [-0.2, 0) is 12.8 Å². The van der Waals surface area contributed by atoms with Crippen LogP contribution in [0.15, 0.2) is 54.6 Å². The Morgan fingerprint density at radius 3 is 2.27 bits per heavy atom. The van der Waals surface area contributed by atoms with E-state index in [9.17, 15) is 23.9 Å². The Labute approximate surface area is 215 Å². The van der Waals surface area contributed by atoms with E-state index in [0.717, 1.165) is 11.1 Å². The summed E-state index contributed by atoms with van der Waals surface area (Å²) in [5, 5.41) is 32.1. The predicted octanol–water partition coefficient (Wildman–Crippen LogP) is 5.11. The standard InChI is InChI=1S/C29H30F2N2O4/c1-4-18-11-25(30)24(26(31)12-18)14-29(2,3)33-16-23(34)17-37-27-13-21(9-10-22(27)15-32)19-5-7-20(8-6-19)28(35)36/h5-13,23,33-34H,4,14,16-17H2,1-3H3,(H,35,36)/t23-/m1/s1. The topological polar surface area (TPSA) is 103 Å². The number of benzene rings is 3. The maximum Gasteiger partial charge on any atom is 0.335 e. The van der Waals surface area contributed by atoms with Crippen molar-refractivity contribution in [2.24, 2.45) is 0 Å². The Balaban J connectivity index is 1.62. The molecule has 3 aromatic rings. The first-order valence-corrected chi connectivity index (χ1v) is 11.9.